The number of aromatic nitrogens is 4. The third kappa shape index (κ3) is 2.12. The van der Waals surface area contributed by atoms with E-state index in [0.717, 1.165) is 11.3 Å². The summed E-state index contributed by atoms with van der Waals surface area (Å²) in [7, 11) is 0. The number of tetrazole rings is 1. The van der Waals surface area contributed by atoms with Gasteiger partial charge in [0.15, 0.2) is 0 Å². The molecule has 0 saturated carbocycles. The molecule has 1 aliphatic rings. The Morgan fingerprint density at radius 2 is 2.09 bits per heavy atom. The van der Waals surface area contributed by atoms with Crippen LogP contribution in [0, 0.1) is 13.8 Å². The fourth-order valence-corrected chi connectivity index (χ4v) is 3.37. The number of rotatable bonds is 2. The van der Waals surface area contributed by atoms with E-state index in [1.807, 2.05) is 4.68 Å². The Morgan fingerprint density at radius 3 is 2.86 bits per heavy atom. The van der Waals surface area contributed by atoms with E-state index in [2.05, 4.69) is 76.5 Å². The topological polar surface area (TPSA) is 55.6 Å². The molecule has 1 N–H and O–H groups in total. The number of fused-ring (bicyclic) bond motifs is 1. The lowest BCUT2D eigenvalue weighted by molar-refractivity contribution is 0.593. The molecule has 0 aliphatic carbocycles. The zero-order valence-electron chi connectivity index (χ0n) is 12.3. The molecule has 2 aromatic heterocycles. The first-order valence-electron chi connectivity index (χ1n) is 7.10. The summed E-state index contributed by atoms with van der Waals surface area (Å²) in [5, 5.41) is 17.4. The van der Waals surface area contributed by atoms with Crippen LogP contribution in [0.5, 0.6) is 0 Å². The van der Waals surface area contributed by atoms with Crippen molar-refractivity contribution >= 4 is 23.0 Å². The van der Waals surface area contributed by atoms with Crippen molar-refractivity contribution in [1.82, 2.24) is 20.2 Å². The number of allylic oxidation sites excluding steroid dienone is 1. The third-order valence-corrected chi connectivity index (χ3v) is 4.92. The Kier molecular flexibility index (Phi) is 3.04. The lowest BCUT2D eigenvalue weighted by Gasteiger charge is -2.22. The van der Waals surface area contributed by atoms with Crippen molar-refractivity contribution in [2.75, 3.05) is 5.32 Å². The van der Waals surface area contributed by atoms with Crippen LogP contribution in [-0.4, -0.2) is 20.2 Å². The smallest absolute Gasteiger partial charge is 0.248 e. The van der Waals surface area contributed by atoms with E-state index in [9.17, 15) is 0 Å². The monoisotopic (exact) mass is 309 g/mol. The molecule has 1 aromatic carbocycles. The zero-order chi connectivity index (χ0) is 15.1. The average molecular weight is 309 g/mol. The molecule has 3 aromatic rings. The van der Waals surface area contributed by atoms with Gasteiger partial charge < -0.3 is 5.32 Å². The molecule has 0 fully saturated rings. The van der Waals surface area contributed by atoms with Crippen LogP contribution < -0.4 is 5.32 Å². The number of benzene rings is 1. The van der Waals surface area contributed by atoms with Gasteiger partial charge in [0.1, 0.15) is 6.04 Å². The minimum absolute atomic E-state index is 0.0304. The maximum atomic E-state index is 4.11. The number of hydrogen-bond acceptors (Lipinski definition) is 5. The fourth-order valence-electron chi connectivity index (χ4n) is 2.59. The van der Waals surface area contributed by atoms with Crippen LogP contribution in [0.15, 0.2) is 41.8 Å². The van der Waals surface area contributed by atoms with Gasteiger partial charge in [-0.15, -0.1) is 11.3 Å². The summed E-state index contributed by atoms with van der Waals surface area (Å²) in [5.74, 6) is 0.675. The normalized spacial score (nSPS) is 16.8. The van der Waals surface area contributed by atoms with Crippen LogP contribution in [0.3, 0.4) is 0 Å². The van der Waals surface area contributed by atoms with Crippen molar-refractivity contribution in [2.24, 2.45) is 0 Å². The van der Waals surface area contributed by atoms with Gasteiger partial charge in [0, 0.05) is 10.6 Å². The van der Waals surface area contributed by atoms with E-state index in [4.69, 9.17) is 0 Å². The molecular formula is C16H15N5S. The van der Waals surface area contributed by atoms with Gasteiger partial charge in [0.05, 0.1) is 0 Å². The number of nitrogens with one attached hydrogen (secondary N) is 1. The summed E-state index contributed by atoms with van der Waals surface area (Å²) in [6, 6.07) is 10.7. The Balaban J connectivity index is 1.81. The first kappa shape index (κ1) is 13.2. The van der Waals surface area contributed by atoms with Crippen LogP contribution in [-0.2, 0) is 0 Å². The predicted molar refractivity (Wildman–Crippen MR) is 87.8 cm³/mol. The first-order chi connectivity index (χ1) is 10.7. The first-order valence-corrected chi connectivity index (χ1v) is 7.98. The van der Waals surface area contributed by atoms with Crippen molar-refractivity contribution in [3.05, 3.63) is 63.4 Å². The maximum Gasteiger partial charge on any atom is 0.248 e. The predicted octanol–water partition coefficient (Wildman–Crippen LogP) is 3.41. The molecule has 4 rings (SSSR count). The summed E-state index contributed by atoms with van der Waals surface area (Å²) in [6.45, 7) is 4.25. The van der Waals surface area contributed by atoms with Crippen LogP contribution in [0.25, 0.3) is 5.70 Å². The van der Waals surface area contributed by atoms with Crippen molar-refractivity contribution in [1.29, 1.82) is 0 Å². The summed E-state index contributed by atoms with van der Waals surface area (Å²) in [6.07, 6.45) is 2.18. The molecule has 0 radical (unpaired) electrons. The Labute approximate surface area is 132 Å². The van der Waals surface area contributed by atoms with Crippen molar-refractivity contribution < 1.29 is 0 Å². The minimum Gasteiger partial charge on any atom is -0.323 e. The summed E-state index contributed by atoms with van der Waals surface area (Å²) in [5.41, 5.74) is 4.76. The molecule has 0 unspecified atom stereocenters. The minimum atomic E-state index is 0.0304. The van der Waals surface area contributed by atoms with Gasteiger partial charge in [-0.25, -0.2) is 0 Å². The number of aryl methyl sites for hydroxylation is 2. The molecule has 1 aliphatic heterocycles. The lowest BCUT2D eigenvalue weighted by Crippen LogP contribution is -2.19. The molecule has 5 nitrogen and oxygen atoms in total. The van der Waals surface area contributed by atoms with E-state index in [0.29, 0.717) is 5.95 Å². The molecule has 0 amide bonds. The van der Waals surface area contributed by atoms with E-state index in [-0.39, 0.29) is 6.04 Å². The summed E-state index contributed by atoms with van der Waals surface area (Å²) >= 11 is 1.71. The Bertz CT molecular complexity index is 847. The number of hydrogen-bond donors (Lipinski definition) is 1. The second-order valence-corrected chi connectivity index (χ2v) is 6.39. The lowest BCUT2D eigenvalue weighted by atomic mass is 10.0. The van der Waals surface area contributed by atoms with Crippen molar-refractivity contribution in [2.45, 2.75) is 19.9 Å². The fraction of sp³-hybridized carbons (Fsp3) is 0.188. The number of nitrogens with zero attached hydrogens (tertiary/aromatic N) is 4. The molecule has 0 saturated heterocycles. The van der Waals surface area contributed by atoms with E-state index < -0.39 is 0 Å². The highest BCUT2D eigenvalue weighted by Crippen LogP contribution is 2.33. The SMILES string of the molecule is Cc1ccc(C2=C[C@@H](c3cccs3)n3nnnc3N2)cc1C. The van der Waals surface area contributed by atoms with Crippen LogP contribution in [0.1, 0.15) is 27.6 Å². The molecule has 6 heteroatoms. The van der Waals surface area contributed by atoms with Gasteiger partial charge in [-0.2, -0.15) is 4.68 Å². The summed E-state index contributed by atoms with van der Waals surface area (Å²) in [4.78, 5) is 1.22. The van der Waals surface area contributed by atoms with Gasteiger partial charge in [0.25, 0.3) is 0 Å². The van der Waals surface area contributed by atoms with E-state index >= 15 is 0 Å². The summed E-state index contributed by atoms with van der Waals surface area (Å²) < 4.78 is 1.82. The molecule has 0 spiro atoms. The van der Waals surface area contributed by atoms with Gasteiger partial charge in [-0.1, -0.05) is 23.3 Å². The molecule has 3 heterocycles. The molecule has 22 heavy (non-hydrogen) atoms. The maximum absolute atomic E-state index is 4.11. The average Bonchev–Trinajstić information content (AvgIpc) is 3.19. The molecule has 110 valence electrons. The van der Waals surface area contributed by atoms with Gasteiger partial charge in [-0.3, -0.25) is 0 Å². The van der Waals surface area contributed by atoms with E-state index in [1.165, 1.54) is 16.0 Å². The third-order valence-electron chi connectivity index (χ3n) is 3.98. The highest BCUT2D eigenvalue weighted by molar-refractivity contribution is 7.10. The van der Waals surface area contributed by atoms with Crippen LogP contribution in [0.4, 0.5) is 5.95 Å². The van der Waals surface area contributed by atoms with Crippen LogP contribution >= 0.6 is 11.3 Å². The molecule has 0 bridgehead atoms. The van der Waals surface area contributed by atoms with Crippen LogP contribution in [0.2, 0.25) is 0 Å². The van der Waals surface area contributed by atoms with E-state index in [1.54, 1.807) is 11.3 Å². The highest BCUT2D eigenvalue weighted by atomic mass is 32.1. The second kappa shape index (κ2) is 5.06. The molecule has 1 atom stereocenters. The quantitative estimate of drug-likeness (QED) is 0.788. The largest absolute Gasteiger partial charge is 0.323 e. The molecular weight excluding hydrogens is 294 g/mol. The van der Waals surface area contributed by atoms with Gasteiger partial charge in [0.2, 0.25) is 5.95 Å². The zero-order valence-corrected chi connectivity index (χ0v) is 13.1. The van der Waals surface area contributed by atoms with Crippen molar-refractivity contribution in [3.63, 3.8) is 0 Å². The number of thiophene rings is 1. The van der Waals surface area contributed by atoms with Gasteiger partial charge >= 0.3 is 0 Å². The Morgan fingerprint density at radius 1 is 1.18 bits per heavy atom. The van der Waals surface area contributed by atoms with Gasteiger partial charge in [-0.05, 0) is 64.6 Å². The second-order valence-electron chi connectivity index (χ2n) is 5.41. The van der Waals surface area contributed by atoms with Crippen molar-refractivity contribution in [3.8, 4) is 0 Å². The number of anilines is 1. The Hall–Kier alpha value is -2.47. The standard InChI is InChI=1S/C16H15N5S/c1-10-5-6-12(8-11(10)2)13-9-14(15-4-3-7-22-15)21-16(17-13)18-19-20-21/h3-9,14H,1-2H3,(H,17,18,20)/t14-/m0/s1. The highest BCUT2D eigenvalue weighted by Gasteiger charge is 2.24.